The number of hydrogen-bond acceptors (Lipinski definition) is 4. The van der Waals surface area contributed by atoms with Crippen molar-refractivity contribution in [2.45, 2.75) is 19.6 Å². The lowest BCUT2D eigenvalue weighted by Crippen LogP contribution is -2.30. The van der Waals surface area contributed by atoms with Crippen molar-refractivity contribution >= 4 is 40.9 Å². The zero-order valence-corrected chi connectivity index (χ0v) is 16.3. The molecule has 1 heterocycles. The molecule has 0 fully saturated rings. The number of carbonyl (C=O) groups is 1. The van der Waals surface area contributed by atoms with E-state index in [2.05, 4.69) is 10.3 Å². The summed E-state index contributed by atoms with van der Waals surface area (Å²) in [7, 11) is 0. The third-order valence-electron chi connectivity index (χ3n) is 3.92. The van der Waals surface area contributed by atoms with Gasteiger partial charge in [0.15, 0.2) is 0 Å². The molecule has 0 aliphatic rings. The molecule has 2 aromatic carbocycles. The van der Waals surface area contributed by atoms with Crippen LogP contribution in [0.25, 0.3) is 11.0 Å². The predicted molar refractivity (Wildman–Crippen MR) is 109 cm³/mol. The lowest BCUT2D eigenvalue weighted by molar-refractivity contribution is -0.121. The summed E-state index contributed by atoms with van der Waals surface area (Å²) in [6.45, 7) is 1.56. The molecule has 0 saturated carbocycles. The van der Waals surface area contributed by atoms with Gasteiger partial charge in [-0.2, -0.15) is 0 Å². The first-order valence-corrected chi connectivity index (χ1v) is 8.84. The highest BCUT2D eigenvalue weighted by Crippen LogP contribution is 2.20. The van der Waals surface area contributed by atoms with Crippen molar-refractivity contribution in [2.75, 3.05) is 13.1 Å². The molecule has 27 heavy (non-hydrogen) atoms. The van der Waals surface area contributed by atoms with Gasteiger partial charge in [-0.1, -0.05) is 23.7 Å². The second kappa shape index (κ2) is 10.2. The van der Waals surface area contributed by atoms with Gasteiger partial charge in [-0.25, -0.2) is 4.98 Å². The molecule has 1 amide bonds. The van der Waals surface area contributed by atoms with Gasteiger partial charge in [0, 0.05) is 11.6 Å². The molecule has 3 aromatic rings. The average Bonchev–Trinajstić information content (AvgIpc) is 2.99. The van der Waals surface area contributed by atoms with Gasteiger partial charge in [0.1, 0.15) is 24.7 Å². The molecule has 0 unspecified atom stereocenters. The van der Waals surface area contributed by atoms with Crippen molar-refractivity contribution < 1.29 is 9.53 Å². The van der Waals surface area contributed by atoms with Crippen LogP contribution in [-0.2, 0) is 17.9 Å². The third kappa shape index (κ3) is 5.60. The summed E-state index contributed by atoms with van der Waals surface area (Å²) in [5, 5.41) is 3.52. The van der Waals surface area contributed by atoms with Gasteiger partial charge >= 0.3 is 0 Å². The van der Waals surface area contributed by atoms with Crippen LogP contribution in [0.4, 0.5) is 0 Å². The molecule has 6 nitrogen and oxygen atoms in total. The molecule has 144 valence electrons. The van der Waals surface area contributed by atoms with Crippen LogP contribution in [0.2, 0.25) is 5.02 Å². The molecule has 3 rings (SSSR count). The van der Waals surface area contributed by atoms with Gasteiger partial charge in [0.2, 0.25) is 5.91 Å². The van der Waals surface area contributed by atoms with Crippen LogP contribution in [0.1, 0.15) is 12.2 Å². The lowest BCUT2D eigenvalue weighted by Gasteiger charge is -2.11. The Balaban J connectivity index is 0.00000261. The zero-order chi connectivity index (χ0) is 18.4. The number of carbonyl (C=O) groups excluding carboxylic acids is 1. The molecule has 0 aliphatic heterocycles. The molecular weight excluding hydrogens is 387 g/mol. The molecule has 0 saturated heterocycles. The Kier molecular flexibility index (Phi) is 7.91. The topological polar surface area (TPSA) is 82.2 Å². The van der Waals surface area contributed by atoms with Crippen LogP contribution in [0.5, 0.6) is 5.75 Å². The van der Waals surface area contributed by atoms with E-state index in [0.29, 0.717) is 29.7 Å². The highest BCUT2D eigenvalue weighted by atomic mass is 35.5. The monoisotopic (exact) mass is 408 g/mol. The highest BCUT2D eigenvalue weighted by molar-refractivity contribution is 6.30. The Morgan fingerprint density at radius 1 is 1.19 bits per heavy atom. The van der Waals surface area contributed by atoms with E-state index in [0.717, 1.165) is 17.5 Å². The number of imidazole rings is 1. The summed E-state index contributed by atoms with van der Waals surface area (Å²) in [5.41, 5.74) is 7.19. The SMILES string of the molecule is Cl.NCCCNC(=O)Cn1c(COc2ccc(Cl)cc2)nc2ccccc21. The van der Waals surface area contributed by atoms with Crippen LogP contribution < -0.4 is 15.8 Å². The van der Waals surface area contributed by atoms with Crippen molar-refractivity contribution in [3.8, 4) is 5.75 Å². The molecule has 8 heteroatoms. The third-order valence-corrected chi connectivity index (χ3v) is 4.17. The number of amides is 1. The first-order chi connectivity index (χ1) is 12.7. The number of nitrogens with zero attached hydrogens (tertiary/aromatic N) is 2. The van der Waals surface area contributed by atoms with Gasteiger partial charge < -0.3 is 20.4 Å². The minimum Gasteiger partial charge on any atom is -0.486 e. The van der Waals surface area contributed by atoms with Gasteiger partial charge in [-0.15, -0.1) is 12.4 Å². The molecule has 0 radical (unpaired) electrons. The zero-order valence-electron chi connectivity index (χ0n) is 14.7. The van der Waals surface area contributed by atoms with Crippen LogP contribution in [0.15, 0.2) is 48.5 Å². The summed E-state index contributed by atoms with van der Waals surface area (Å²) >= 11 is 5.89. The first kappa shape index (κ1) is 21.0. The van der Waals surface area contributed by atoms with E-state index in [1.807, 2.05) is 28.8 Å². The van der Waals surface area contributed by atoms with Crippen molar-refractivity contribution in [2.24, 2.45) is 5.73 Å². The second-order valence-electron chi connectivity index (χ2n) is 5.84. The first-order valence-electron chi connectivity index (χ1n) is 8.46. The summed E-state index contributed by atoms with van der Waals surface area (Å²) in [6, 6.07) is 14.9. The minimum atomic E-state index is -0.0747. The fraction of sp³-hybridized carbons (Fsp3) is 0.263. The summed E-state index contributed by atoms with van der Waals surface area (Å²) in [4.78, 5) is 16.8. The quantitative estimate of drug-likeness (QED) is 0.560. The Bertz CT molecular complexity index is 881. The number of halogens is 2. The van der Waals surface area contributed by atoms with E-state index in [1.165, 1.54) is 0 Å². The number of fused-ring (bicyclic) bond motifs is 1. The Morgan fingerprint density at radius 3 is 2.67 bits per heavy atom. The largest absolute Gasteiger partial charge is 0.486 e. The van der Waals surface area contributed by atoms with Gasteiger partial charge in [0.05, 0.1) is 11.0 Å². The molecule has 0 spiro atoms. The van der Waals surface area contributed by atoms with E-state index < -0.39 is 0 Å². The predicted octanol–water partition coefficient (Wildman–Crippen LogP) is 3.16. The van der Waals surface area contributed by atoms with E-state index >= 15 is 0 Å². The maximum atomic E-state index is 12.2. The van der Waals surface area contributed by atoms with Crippen molar-refractivity contribution in [3.63, 3.8) is 0 Å². The number of benzene rings is 2. The van der Waals surface area contributed by atoms with E-state index in [9.17, 15) is 4.79 Å². The highest BCUT2D eigenvalue weighted by Gasteiger charge is 2.14. The smallest absolute Gasteiger partial charge is 0.240 e. The van der Waals surface area contributed by atoms with E-state index in [4.69, 9.17) is 22.1 Å². The average molecular weight is 409 g/mol. The van der Waals surface area contributed by atoms with Crippen LogP contribution >= 0.6 is 24.0 Å². The molecule has 0 atom stereocenters. The maximum absolute atomic E-state index is 12.2. The van der Waals surface area contributed by atoms with Gasteiger partial charge in [0.25, 0.3) is 0 Å². The van der Waals surface area contributed by atoms with Crippen molar-refractivity contribution in [3.05, 3.63) is 59.4 Å². The van der Waals surface area contributed by atoms with Gasteiger partial charge in [-0.3, -0.25) is 4.79 Å². The Hall–Kier alpha value is -2.28. The van der Waals surface area contributed by atoms with Crippen molar-refractivity contribution in [1.29, 1.82) is 0 Å². The summed E-state index contributed by atoms with van der Waals surface area (Å²) < 4.78 is 7.69. The number of para-hydroxylation sites is 2. The fourth-order valence-electron chi connectivity index (χ4n) is 2.62. The number of hydrogen-bond donors (Lipinski definition) is 2. The molecular formula is C19H22Cl2N4O2. The summed E-state index contributed by atoms with van der Waals surface area (Å²) in [5.74, 6) is 1.31. The number of ether oxygens (including phenoxy) is 1. The van der Waals surface area contributed by atoms with Crippen molar-refractivity contribution in [1.82, 2.24) is 14.9 Å². The summed E-state index contributed by atoms with van der Waals surface area (Å²) in [6.07, 6.45) is 0.753. The Morgan fingerprint density at radius 2 is 1.93 bits per heavy atom. The lowest BCUT2D eigenvalue weighted by atomic mass is 10.3. The van der Waals surface area contributed by atoms with E-state index in [-0.39, 0.29) is 31.5 Å². The number of rotatable bonds is 8. The number of nitrogens with one attached hydrogen (secondary N) is 1. The van der Waals surface area contributed by atoms with E-state index in [1.54, 1.807) is 24.3 Å². The number of nitrogens with two attached hydrogens (primary N) is 1. The van der Waals surface area contributed by atoms with Crippen LogP contribution in [0.3, 0.4) is 0 Å². The second-order valence-corrected chi connectivity index (χ2v) is 6.27. The number of aromatic nitrogens is 2. The normalized spacial score (nSPS) is 10.4. The van der Waals surface area contributed by atoms with Crippen LogP contribution in [0, 0.1) is 0 Å². The van der Waals surface area contributed by atoms with Crippen LogP contribution in [-0.4, -0.2) is 28.5 Å². The minimum absolute atomic E-state index is 0. The fourth-order valence-corrected chi connectivity index (χ4v) is 2.75. The standard InChI is InChI=1S/C19H21ClN4O2.ClH/c20-14-6-8-15(9-7-14)26-13-18-23-16-4-1-2-5-17(16)24(18)12-19(25)22-11-3-10-21;/h1-2,4-9H,3,10-13,21H2,(H,22,25);1H. The molecule has 3 N–H and O–H groups in total. The Labute approximate surface area is 169 Å². The molecule has 0 aliphatic carbocycles. The van der Waals surface area contributed by atoms with Gasteiger partial charge in [-0.05, 0) is 49.4 Å². The molecule has 1 aromatic heterocycles. The molecule has 0 bridgehead atoms. The maximum Gasteiger partial charge on any atom is 0.240 e.